The van der Waals surface area contributed by atoms with Crippen LogP contribution in [0.5, 0.6) is 0 Å². The van der Waals surface area contributed by atoms with Crippen LogP contribution in [0.4, 0.5) is 4.39 Å². The average Bonchev–Trinajstić information content (AvgIpc) is 2.98. The summed E-state index contributed by atoms with van der Waals surface area (Å²) in [4.78, 5) is 0. The Morgan fingerprint density at radius 3 is 3.05 bits per heavy atom. The molecule has 0 spiro atoms. The van der Waals surface area contributed by atoms with Crippen molar-refractivity contribution in [2.75, 3.05) is 0 Å². The first kappa shape index (κ1) is 15.0. The summed E-state index contributed by atoms with van der Waals surface area (Å²) in [6, 6.07) is 6.25. The highest BCUT2D eigenvalue weighted by atomic mass is 19.1. The first-order valence-corrected chi connectivity index (χ1v) is 6.57. The quantitative estimate of drug-likeness (QED) is 0.324. The van der Waals surface area contributed by atoms with E-state index in [-0.39, 0.29) is 11.9 Å². The molecule has 7 heteroatoms. The van der Waals surface area contributed by atoms with Gasteiger partial charge in [0, 0.05) is 30.5 Å². The molecule has 0 aliphatic heterocycles. The summed E-state index contributed by atoms with van der Waals surface area (Å²) in [6.07, 6.45) is 3.61. The number of amidine groups is 1. The van der Waals surface area contributed by atoms with E-state index in [1.54, 1.807) is 12.3 Å². The van der Waals surface area contributed by atoms with E-state index in [9.17, 15) is 4.39 Å². The average molecular weight is 291 g/mol. The smallest absolute Gasteiger partial charge is 0.170 e. The second-order valence-corrected chi connectivity index (χ2v) is 4.80. The maximum Gasteiger partial charge on any atom is 0.170 e. The van der Waals surface area contributed by atoms with E-state index < -0.39 is 5.82 Å². The van der Waals surface area contributed by atoms with Crippen LogP contribution in [0.25, 0.3) is 0 Å². The fourth-order valence-electron chi connectivity index (χ4n) is 2.03. The molecule has 4 N–H and O–H groups in total. The topological polar surface area (TPSA) is 88.5 Å². The van der Waals surface area contributed by atoms with Crippen LogP contribution in [0.1, 0.15) is 18.1 Å². The van der Waals surface area contributed by atoms with E-state index in [2.05, 4.69) is 15.6 Å². The van der Waals surface area contributed by atoms with Gasteiger partial charge in [-0.15, -0.1) is 0 Å². The molecule has 0 aliphatic carbocycles. The maximum atomic E-state index is 13.3. The molecule has 0 fully saturated rings. The lowest BCUT2D eigenvalue weighted by Gasteiger charge is -2.15. The van der Waals surface area contributed by atoms with Crippen LogP contribution in [0.3, 0.4) is 0 Å². The minimum atomic E-state index is -0.426. The van der Waals surface area contributed by atoms with Gasteiger partial charge in [0.05, 0.1) is 6.54 Å². The van der Waals surface area contributed by atoms with E-state index in [1.165, 1.54) is 12.1 Å². The lowest BCUT2D eigenvalue weighted by atomic mass is 10.1. The monoisotopic (exact) mass is 291 g/mol. The van der Waals surface area contributed by atoms with Gasteiger partial charge >= 0.3 is 0 Å². The first-order chi connectivity index (χ1) is 10.1. The molecule has 0 bridgehead atoms. The molecule has 0 amide bonds. The van der Waals surface area contributed by atoms with Gasteiger partial charge in [-0.1, -0.05) is 11.2 Å². The molecule has 1 aromatic heterocycles. The number of aromatic nitrogens is 2. The van der Waals surface area contributed by atoms with Crippen LogP contribution in [-0.4, -0.2) is 26.9 Å². The molecule has 0 saturated carbocycles. The summed E-state index contributed by atoms with van der Waals surface area (Å²) in [5.74, 6) is -0.532. The summed E-state index contributed by atoms with van der Waals surface area (Å²) in [6.45, 7) is 3.22. The van der Waals surface area contributed by atoms with Crippen LogP contribution in [0, 0.1) is 5.82 Å². The zero-order valence-electron chi connectivity index (χ0n) is 11.7. The number of rotatable bonds is 6. The van der Waals surface area contributed by atoms with Crippen LogP contribution >= 0.6 is 0 Å². The molecule has 0 saturated heterocycles. The third-order valence-corrected chi connectivity index (χ3v) is 3.12. The van der Waals surface area contributed by atoms with E-state index in [0.717, 1.165) is 5.56 Å². The van der Waals surface area contributed by atoms with Crippen molar-refractivity contribution in [1.29, 1.82) is 0 Å². The molecule has 1 aromatic carbocycles. The van der Waals surface area contributed by atoms with Crippen molar-refractivity contribution in [3.05, 3.63) is 53.6 Å². The predicted molar refractivity (Wildman–Crippen MR) is 77.4 cm³/mol. The van der Waals surface area contributed by atoms with Gasteiger partial charge in [0.15, 0.2) is 5.84 Å². The molecule has 112 valence electrons. The highest BCUT2D eigenvalue weighted by Gasteiger charge is 2.10. The minimum Gasteiger partial charge on any atom is -0.409 e. The second-order valence-electron chi connectivity index (χ2n) is 4.80. The Bertz CT molecular complexity index is 612. The van der Waals surface area contributed by atoms with Crippen molar-refractivity contribution >= 4 is 5.84 Å². The molecule has 1 unspecified atom stereocenters. The molecule has 0 radical (unpaired) electrons. The van der Waals surface area contributed by atoms with Crippen molar-refractivity contribution in [1.82, 2.24) is 15.1 Å². The fraction of sp³-hybridized carbons (Fsp3) is 0.286. The summed E-state index contributed by atoms with van der Waals surface area (Å²) in [5, 5.41) is 19.1. The van der Waals surface area contributed by atoms with Gasteiger partial charge < -0.3 is 16.3 Å². The Balaban J connectivity index is 2.02. The molecule has 2 rings (SSSR count). The highest BCUT2D eigenvalue weighted by molar-refractivity contribution is 5.98. The third kappa shape index (κ3) is 4.03. The van der Waals surface area contributed by atoms with Crippen molar-refractivity contribution < 1.29 is 9.60 Å². The molecule has 1 atom stereocenters. The zero-order chi connectivity index (χ0) is 15.2. The number of nitrogens with one attached hydrogen (secondary N) is 1. The van der Waals surface area contributed by atoms with Gasteiger partial charge in [0.2, 0.25) is 0 Å². The number of oxime groups is 1. The van der Waals surface area contributed by atoms with Gasteiger partial charge in [0.25, 0.3) is 0 Å². The first-order valence-electron chi connectivity index (χ1n) is 6.57. The summed E-state index contributed by atoms with van der Waals surface area (Å²) >= 11 is 0. The van der Waals surface area contributed by atoms with E-state index in [1.807, 2.05) is 23.9 Å². The Kier molecular flexibility index (Phi) is 4.89. The zero-order valence-corrected chi connectivity index (χ0v) is 11.7. The standard InChI is InChI=1S/C14H18FN5O/c1-10(9-20-6-2-5-18-20)17-8-11-3-4-12(15)7-13(11)14(16)19-21/h2-7,10,17,21H,8-9H2,1H3,(H2,16,19). The van der Waals surface area contributed by atoms with Crippen LogP contribution in [-0.2, 0) is 13.1 Å². The number of hydrogen-bond donors (Lipinski definition) is 3. The highest BCUT2D eigenvalue weighted by Crippen LogP contribution is 2.11. The van der Waals surface area contributed by atoms with Crippen LogP contribution in [0.2, 0.25) is 0 Å². The predicted octanol–water partition coefficient (Wildman–Crippen LogP) is 1.29. The third-order valence-electron chi connectivity index (χ3n) is 3.12. The Morgan fingerprint density at radius 2 is 2.38 bits per heavy atom. The number of nitrogens with zero attached hydrogens (tertiary/aromatic N) is 3. The van der Waals surface area contributed by atoms with E-state index in [4.69, 9.17) is 10.9 Å². The summed E-state index contributed by atoms with van der Waals surface area (Å²) in [5.41, 5.74) is 6.72. The normalized spacial score (nSPS) is 13.3. The largest absolute Gasteiger partial charge is 0.409 e. The van der Waals surface area contributed by atoms with Crippen LogP contribution < -0.4 is 11.1 Å². The SMILES string of the molecule is CC(Cn1cccn1)NCc1ccc(F)cc1C(N)=NO. The van der Waals surface area contributed by atoms with Crippen molar-refractivity contribution in [3.8, 4) is 0 Å². The van der Waals surface area contributed by atoms with Crippen LogP contribution in [0.15, 0.2) is 41.8 Å². The lowest BCUT2D eigenvalue weighted by Crippen LogP contribution is -2.31. The molecular formula is C14H18FN5O. The molecule has 2 aromatic rings. The van der Waals surface area contributed by atoms with Gasteiger partial charge in [0.1, 0.15) is 5.82 Å². The van der Waals surface area contributed by atoms with E-state index in [0.29, 0.717) is 18.7 Å². The van der Waals surface area contributed by atoms with Crippen molar-refractivity contribution in [2.24, 2.45) is 10.9 Å². The second kappa shape index (κ2) is 6.85. The molecule has 0 aliphatic rings. The van der Waals surface area contributed by atoms with Gasteiger partial charge in [-0.25, -0.2) is 4.39 Å². The summed E-state index contributed by atoms with van der Waals surface area (Å²) in [7, 11) is 0. The Morgan fingerprint density at radius 1 is 1.57 bits per heavy atom. The molecule has 21 heavy (non-hydrogen) atoms. The van der Waals surface area contributed by atoms with Crippen molar-refractivity contribution in [2.45, 2.75) is 26.1 Å². The molecular weight excluding hydrogens is 273 g/mol. The molecule has 6 nitrogen and oxygen atoms in total. The Hall–Kier alpha value is -2.41. The lowest BCUT2D eigenvalue weighted by molar-refractivity contribution is 0.318. The number of benzene rings is 1. The maximum absolute atomic E-state index is 13.3. The minimum absolute atomic E-state index is 0.106. The van der Waals surface area contributed by atoms with Gasteiger partial charge in [-0.05, 0) is 30.7 Å². The summed E-state index contributed by atoms with van der Waals surface area (Å²) < 4.78 is 15.1. The molecule has 1 heterocycles. The fourth-order valence-corrected chi connectivity index (χ4v) is 2.03. The van der Waals surface area contributed by atoms with E-state index >= 15 is 0 Å². The number of halogens is 1. The number of hydrogen-bond acceptors (Lipinski definition) is 4. The van der Waals surface area contributed by atoms with Gasteiger partial charge in [-0.3, -0.25) is 4.68 Å². The Labute approximate surface area is 122 Å². The van der Waals surface area contributed by atoms with Gasteiger partial charge in [-0.2, -0.15) is 5.10 Å². The number of nitrogens with two attached hydrogens (primary N) is 1. The van der Waals surface area contributed by atoms with Crippen molar-refractivity contribution in [3.63, 3.8) is 0 Å².